The lowest BCUT2D eigenvalue weighted by Gasteiger charge is -1.97. The zero-order valence-corrected chi connectivity index (χ0v) is 7.94. The van der Waals surface area contributed by atoms with E-state index >= 15 is 0 Å². The Bertz CT molecular complexity index is 271. The van der Waals surface area contributed by atoms with Crippen molar-refractivity contribution in [1.82, 2.24) is 15.5 Å². The molecule has 1 N–H and O–H groups in total. The molecule has 1 rings (SSSR count). The van der Waals surface area contributed by atoms with Crippen LogP contribution in [-0.4, -0.2) is 22.6 Å². The summed E-state index contributed by atoms with van der Waals surface area (Å²) in [6.45, 7) is 4.53. The molecule has 1 aromatic rings. The molecule has 0 fully saturated rings. The first-order valence-electron chi connectivity index (χ1n) is 3.82. The third-order valence-corrected chi connectivity index (χ3v) is 2.09. The number of aromatic nitrogens is 2. The zero-order chi connectivity index (χ0) is 8.97. The Labute approximate surface area is 75.0 Å². The summed E-state index contributed by atoms with van der Waals surface area (Å²) in [5.41, 5.74) is 0. The van der Waals surface area contributed by atoms with E-state index in [9.17, 15) is 4.79 Å². The highest BCUT2D eigenvalue weighted by molar-refractivity contribution is 7.13. The van der Waals surface area contributed by atoms with Crippen LogP contribution in [0.2, 0.25) is 0 Å². The van der Waals surface area contributed by atoms with Gasteiger partial charge in [-0.15, -0.1) is 10.2 Å². The minimum absolute atomic E-state index is 0.123. The molecule has 5 heteroatoms. The normalized spacial score (nSPS) is 9.83. The van der Waals surface area contributed by atoms with Gasteiger partial charge in [-0.3, -0.25) is 4.79 Å². The van der Waals surface area contributed by atoms with E-state index in [1.54, 1.807) is 0 Å². The van der Waals surface area contributed by atoms with Gasteiger partial charge in [0.15, 0.2) is 0 Å². The van der Waals surface area contributed by atoms with Crippen LogP contribution in [0.15, 0.2) is 0 Å². The number of carbonyl (C=O) groups is 1. The molecule has 0 aliphatic carbocycles. The molecule has 0 aliphatic rings. The summed E-state index contributed by atoms with van der Waals surface area (Å²) in [6, 6.07) is 0. The number of amides is 1. The Morgan fingerprint density at radius 1 is 1.58 bits per heavy atom. The van der Waals surface area contributed by atoms with Gasteiger partial charge in [0.1, 0.15) is 5.01 Å². The molecule has 0 saturated heterocycles. The first-order chi connectivity index (χ1) is 5.74. The van der Waals surface area contributed by atoms with Gasteiger partial charge in [-0.05, 0) is 13.3 Å². The molecule has 0 aliphatic heterocycles. The van der Waals surface area contributed by atoms with E-state index in [1.807, 2.05) is 13.8 Å². The molecule has 4 nitrogen and oxygen atoms in total. The predicted molar refractivity (Wildman–Crippen MR) is 47.3 cm³/mol. The minimum atomic E-state index is -0.123. The van der Waals surface area contributed by atoms with Gasteiger partial charge in [0, 0.05) is 6.54 Å². The topological polar surface area (TPSA) is 54.9 Å². The highest BCUT2D eigenvalue weighted by atomic mass is 32.1. The molecule has 0 radical (unpaired) electrons. The fraction of sp³-hybridized carbons (Fsp3) is 0.571. The van der Waals surface area contributed by atoms with Crippen LogP contribution in [-0.2, 0) is 0 Å². The second-order valence-electron chi connectivity index (χ2n) is 2.38. The molecule has 0 atom stereocenters. The molecule has 1 heterocycles. The smallest absolute Gasteiger partial charge is 0.282 e. The third-order valence-electron chi connectivity index (χ3n) is 1.26. The summed E-state index contributed by atoms with van der Waals surface area (Å²) >= 11 is 1.31. The van der Waals surface area contributed by atoms with Gasteiger partial charge < -0.3 is 5.32 Å². The predicted octanol–water partition coefficient (Wildman–Crippen LogP) is 0.986. The van der Waals surface area contributed by atoms with Crippen LogP contribution in [0.4, 0.5) is 0 Å². The highest BCUT2D eigenvalue weighted by Gasteiger charge is 2.08. The van der Waals surface area contributed by atoms with Crippen molar-refractivity contribution in [3.8, 4) is 0 Å². The fourth-order valence-corrected chi connectivity index (χ4v) is 1.31. The Morgan fingerprint density at radius 3 is 2.83 bits per heavy atom. The largest absolute Gasteiger partial charge is 0.350 e. The van der Waals surface area contributed by atoms with Gasteiger partial charge >= 0.3 is 0 Å². The van der Waals surface area contributed by atoms with E-state index < -0.39 is 0 Å². The molecular weight excluding hydrogens is 174 g/mol. The van der Waals surface area contributed by atoms with Crippen molar-refractivity contribution in [3.05, 3.63) is 10.0 Å². The summed E-state index contributed by atoms with van der Waals surface area (Å²) in [7, 11) is 0. The molecule has 1 amide bonds. The Kier molecular flexibility index (Phi) is 3.16. The number of carbonyl (C=O) groups excluding carboxylic acids is 1. The number of nitrogens with one attached hydrogen (secondary N) is 1. The average Bonchev–Trinajstić information content (AvgIpc) is 2.47. The molecule has 0 saturated carbocycles. The monoisotopic (exact) mass is 185 g/mol. The van der Waals surface area contributed by atoms with Crippen LogP contribution in [0.25, 0.3) is 0 Å². The number of aryl methyl sites for hydroxylation is 1. The summed E-state index contributed by atoms with van der Waals surface area (Å²) in [5, 5.41) is 11.5. The number of hydrogen-bond donors (Lipinski definition) is 1. The van der Waals surface area contributed by atoms with Crippen molar-refractivity contribution in [2.75, 3.05) is 6.54 Å². The maximum atomic E-state index is 11.2. The maximum Gasteiger partial charge on any atom is 0.282 e. The SMILES string of the molecule is CCCNC(=O)c1nnc(C)s1. The number of nitrogens with zero attached hydrogens (tertiary/aromatic N) is 2. The summed E-state index contributed by atoms with van der Waals surface area (Å²) < 4.78 is 0. The first kappa shape index (κ1) is 9.12. The molecule has 0 unspecified atom stereocenters. The second kappa shape index (κ2) is 4.15. The van der Waals surface area contributed by atoms with Crippen LogP contribution >= 0.6 is 11.3 Å². The van der Waals surface area contributed by atoms with Gasteiger partial charge in [0.25, 0.3) is 5.91 Å². The van der Waals surface area contributed by atoms with Gasteiger partial charge in [-0.1, -0.05) is 18.3 Å². The molecular formula is C7H11N3OS. The first-order valence-corrected chi connectivity index (χ1v) is 4.64. The lowest BCUT2D eigenvalue weighted by atomic mass is 10.5. The quantitative estimate of drug-likeness (QED) is 0.764. The maximum absolute atomic E-state index is 11.2. The van der Waals surface area contributed by atoms with Crippen LogP contribution < -0.4 is 5.32 Å². The van der Waals surface area contributed by atoms with Gasteiger partial charge in [0.05, 0.1) is 0 Å². The van der Waals surface area contributed by atoms with Crippen molar-refractivity contribution >= 4 is 17.2 Å². The Balaban J connectivity index is 2.53. The van der Waals surface area contributed by atoms with Crippen molar-refractivity contribution in [3.63, 3.8) is 0 Å². The highest BCUT2D eigenvalue weighted by Crippen LogP contribution is 2.06. The summed E-state index contributed by atoms with van der Waals surface area (Å²) in [4.78, 5) is 11.2. The lowest BCUT2D eigenvalue weighted by molar-refractivity contribution is 0.0952. The lowest BCUT2D eigenvalue weighted by Crippen LogP contribution is -2.23. The molecule has 66 valence electrons. The van der Waals surface area contributed by atoms with Crippen LogP contribution in [0.1, 0.15) is 28.2 Å². The molecule has 12 heavy (non-hydrogen) atoms. The van der Waals surface area contributed by atoms with E-state index in [0.717, 1.165) is 11.4 Å². The van der Waals surface area contributed by atoms with E-state index in [2.05, 4.69) is 15.5 Å². The van der Waals surface area contributed by atoms with Crippen molar-refractivity contribution in [1.29, 1.82) is 0 Å². The third kappa shape index (κ3) is 2.27. The van der Waals surface area contributed by atoms with Crippen molar-refractivity contribution < 1.29 is 4.79 Å². The van der Waals surface area contributed by atoms with Crippen LogP contribution in [0.3, 0.4) is 0 Å². The second-order valence-corrected chi connectivity index (χ2v) is 3.56. The number of hydrogen-bond acceptors (Lipinski definition) is 4. The van der Waals surface area contributed by atoms with Crippen molar-refractivity contribution in [2.45, 2.75) is 20.3 Å². The fourth-order valence-electron chi connectivity index (χ4n) is 0.702. The van der Waals surface area contributed by atoms with Gasteiger partial charge in [0.2, 0.25) is 5.01 Å². The minimum Gasteiger partial charge on any atom is -0.350 e. The standard InChI is InChI=1S/C7H11N3OS/c1-3-4-8-6(11)7-10-9-5(2)12-7/h3-4H2,1-2H3,(H,8,11). The van der Waals surface area contributed by atoms with Crippen molar-refractivity contribution in [2.24, 2.45) is 0 Å². The zero-order valence-electron chi connectivity index (χ0n) is 7.13. The van der Waals surface area contributed by atoms with Gasteiger partial charge in [-0.2, -0.15) is 0 Å². The van der Waals surface area contributed by atoms with Crippen LogP contribution in [0.5, 0.6) is 0 Å². The Hall–Kier alpha value is -0.970. The number of rotatable bonds is 3. The molecule has 0 spiro atoms. The van der Waals surface area contributed by atoms with Crippen LogP contribution in [0, 0.1) is 6.92 Å². The summed E-state index contributed by atoms with van der Waals surface area (Å²) in [6.07, 6.45) is 0.934. The molecule has 1 aromatic heterocycles. The van der Waals surface area contributed by atoms with E-state index in [1.165, 1.54) is 11.3 Å². The molecule has 0 bridgehead atoms. The van der Waals surface area contributed by atoms with E-state index in [0.29, 0.717) is 11.6 Å². The average molecular weight is 185 g/mol. The van der Waals surface area contributed by atoms with E-state index in [-0.39, 0.29) is 5.91 Å². The molecule has 0 aromatic carbocycles. The van der Waals surface area contributed by atoms with E-state index in [4.69, 9.17) is 0 Å². The summed E-state index contributed by atoms with van der Waals surface area (Å²) in [5.74, 6) is -0.123. The Morgan fingerprint density at radius 2 is 2.33 bits per heavy atom. The van der Waals surface area contributed by atoms with Gasteiger partial charge in [-0.25, -0.2) is 0 Å².